The number of aliphatic hydroxyl groups excluding tert-OH is 1. The van der Waals surface area contributed by atoms with Crippen LogP contribution in [-0.2, 0) is 23.2 Å². The third-order valence-corrected chi connectivity index (χ3v) is 4.82. The molecule has 0 amide bonds. The van der Waals surface area contributed by atoms with Gasteiger partial charge in [0, 0.05) is 31.5 Å². The van der Waals surface area contributed by atoms with Gasteiger partial charge in [0.2, 0.25) is 10.0 Å². The van der Waals surface area contributed by atoms with E-state index in [0.717, 1.165) is 13.1 Å². The number of aliphatic hydroxyl groups is 1. The molecule has 1 rings (SSSR count). The standard InChI is InChI=1S/C13H25N3O3S/c1-4-15(5-2)8-7-14-20(18,19)13-9-12(11-17)16(6-3)10-13/h9-10,14,17H,4-8,11H2,1-3H3. The highest BCUT2D eigenvalue weighted by Gasteiger charge is 2.17. The van der Waals surface area contributed by atoms with E-state index < -0.39 is 10.0 Å². The van der Waals surface area contributed by atoms with E-state index in [1.807, 2.05) is 20.8 Å². The highest BCUT2D eigenvalue weighted by molar-refractivity contribution is 7.89. The molecule has 1 heterocycles. The smallest absolute Gasteiger partial charge is 0.242 e. The zero-order valence-electron chi connectivity index (χ0n) is 12.5. The number of hydrogen-bond acceptors (Lipinski definition) is 4. The SMILES string of the molecule is CCN(CC)CCNS(=O)(=O)c1cc(CO)n(CC)c1. The van der Waals surface area contributed by atoms with Crippen molar-refractivity contribution in [1.29, 1.82) is 0 Å². The van der Waals surface area contributed by atoms with Gasteiger partial charge < -0.3 is 14.6 Å². The molecule has 7 heteroatoms. The molecular formula is C13H25N3O3S. The van der Waals surface area contributed by atoms with Gasteiger partial charge in [-0.3, -0.25) is 0 Å². The number of hydrogen-bond donors (Lipinski definition) is 2. The van der Waals surface area contributed by atoms with Gasteiger partial charge in [0.1, 0.15) is 0 Å². The van der Waals surface area contributed by atoms with Crippen LogP contribution in [-0.4, -0.2) is 49.2 Å². The molecule has 0 bridgehead atoms. The first-order valence-electron chi connectivity index (χ1n) is 7.00. The number of rotatable bonds is 9. The summed E-state index contributed by atoms with van der Waals surface area (Å²) in [6, 6.07) is 1.52. The quantitative estimate of drug-likeness (QED) is 0.701. The van der Waals surface area contributed by atoms with E-state index >= 15 is 0 Å². The molecule has 0 aliphatic rings. The summed E-state index contributed by atoms with van der Waals surface area (Å²) >= 11 is 0. The molecular weight excluding hydrogens is 278 g/mol. The van der Waals surface area contributed by atoms with Crippen molar-refractivity contribution >= 4 is 10.0 Å². The normalized spacial score (nSPS) is 12.2. The molecule has 0 fully saturated rings. The first kappa shape index (κ1) is 17.2. The summed E-state index contributed by atoms with van der Waals surface area (Å²) in [6.07, 6.45) is 1.56. The molecule has 116 valence electrons. The van der Waals surface area contributed by atoms with Gasteiger partial charge in [0.15, 0.2) is 0 Å². The van der Waals surface area contributed by atoms with Gasteiger partial charge in [0.05, 0.1) is 11.5 Å². The average molecular weight is 303 g/mol. The van der Waals surface area contributed by atoms with Crippen molar-refractivity contribution in [2.75, 3.05) is 26.2 Å². The summed E-state index contributed by atoms with van der Waals surface area (Å²) in [5.74, 6) is 0. The third-order valence-electron chi connectivity index (χ3n) is 3.39. The Morgan fingerprint density at radius 3 is 2.40 bits per heavy atom. The first-order chi connectivity index (χ1) is 9.48. The van der Waals surface area contributed by atoms with E-state index in [2.05, 4.69) is 9.62 Å². The molecule has 0 atom stereocenters. The molecule has 0 unspecified atom stereocenters. The van der Waals surface area contributed by atoms with Gasteiger partial charge in [0.25, 0.3) is 0 Å². The van der Waals surface area contributed by atoms with Crippen LogP contribution in [0.1, 0.15) is 26.5 Å². The molecule has 0 aliphatic heterocycles. The number of aryl methyl sites for hydroxylation is 1. The summed E-state index contributed by atoms with van der Waals surface area (Å²) in [5.41, 5.74) is 0.608. The van der Waals surface area contributed by atoms with Crippen molar-refractivity contribution in [2.45, 2.75) is 38.8 Å². The van der Waals surface area contributed by atoms with E-state index in [0.29, 0.717) is 25.3 Å². The highest BCUT2D eigenvalue weighted by atomic mass is 32.2. The predicted octanol–water partition coefficient (Wildman–Crippen LogP) is 0.620. The van der Waals surface area contributed by atoms with Crippen LogP contribution >= 0.6 is 0 Å². The van der Waals surface area contributed by atoms with Crippen LogP contribution in [0, 0.1) is 0 Å². The molecule has 0 saturated heterocycles. The van der Waals surface area contributed by atoms with Crippen molar-refractivity contribution in [3.63, 3.8) is 0 Å². The van der Waals surface area contributed by atoms with E-state index in [4.69, 9.17) is 0 Å². The van der Waals surface area contributed by atoms with Crippen molar-refractivity contribution in [2.24, 2.45) is 0 Å². The highest BCUT2D eigenvalue weighted by Crippen LogP contribution is 2.14. The Balaban J connectivity index is 2.71. The monoisotopic (exact) mass is 303 g/mol. The van der Waals surface area contributed by atoms with Crippen molar-refractivity contribution in [3.05, 3.63) is 18.0 Å². The van der Waals surface area contributed by atoms with Gasteiger partial charge in [-0.2, -0.15) is 0 Å². The lowest BCUT2D eigenvalue weighted by Gasteiger charge is -2.17. The first-order valence-corrected chi connectivity index (χ1v) is 8.48. The van der Waals surface area contributed by atoms with Gasteiger partial charge >= 0.3 is 0 Å². The Labute approximate surface area is 121 Å². The fourth-order valence-corrected chi connectivity index (χ4v) is 3.14. The lowest BCUT2D eigenvalue weighted by atomic mass is 10.4. The van der Waals surface area contributed by atoms with Gasteiger partial charge in [-0.15, -0.1) is 0 Å². The van der Waals surface area contributed by atoms with E-state index in [1.165, 1.54) is 6.07 Å². The summed E-state index contributed by atoms with van der Waals surface area (Å²) in [6.45, 7) is 9.35. The molecule has 0 aliphatic carbocycles. The van der Waals surface area contributed by atoms with Crippen LogP contribution in [0.25, 0.3) is 0 Å². The van der Waals surface area contributed by atoms with Crippen LogP contribution in [0.3, 0.4) is 0 Å². The minimum Gasteiger partial charge on any atom is -0.390 e. The number of nitrogens with zero attached hydrogens (tertiary/aromatic N) is 2. The summed E-state index contributed by atoms with van der Waals surface area (Å²) < 4.78 is 28.7. The molecule has 0 aromatic carbocycles. The average Bonchev–Trinajstić information content (AvgIpc) is 2.87. The maximum absolute atomic E-state index is 12.2. The molecule has 0 spiro atoms. The van der Waals surface area contributed by atoms with Crippen molar-refractivity contribution in [1.82, 2.24) is 14.2 Å². The van der Waals surface area contributed by atoms with Crippen LogP contribution in [0.2, 0.25) is 0 Å². The van der Waals surface area contributed by atoms with E-state index in [-0.39, 0.29) is 11.5 Å². The third kappa shape index (κ3) is 4.31. The minimum atomic E-state index is -3.50. The largest absolute Gasteiger partial charge is 0.390 e. The topological polar surface area (TPSA) is 74.6 Å². The van der Waals surface area contributed by atoms with Gasteiger partial charge in [-0.25, -0.2) is 13.1 Å². The Bertz CT molecular complexity index is 485. The predicted molar refractivity (Wildman–Crippen MR) is 79.0 cm³/mol. The molecule has 2 N–H and O–H groups in total. The van der Waals surface area contributed by atoms with Crippen LogP contribution in [0.4, 0.5) is 0 Å². The van der Waals surface area contributed by atoms with Gasteiger partial charge in [-0.1, -0.05) is 13.8 Å². The number of sulfonamides is 1. The number of likely N-dealkylation sites (N-methyl/N-ethyl adjacent to an activating group) is 1. The zero-order chi connectivity index (χ0) is 15.2. The van der Waals surface area contributed by atoms with Crippen molar-refractivity contribution < 1.29 is 13.5 Å². The number of nitrogens with one attached hydrogen (secondary N) is 1. The Hall–Kier alpha value is -0.890. The molecule has 20 heavy (non-hydrogen) atoms. The number of aromatic nitrogens is 1. The Kier molecular flexibility index (Phi) is 6.67. The Morgan fingerprint density at radius 1 is 1.30 bits per heavy atom. The fourth-order valence-electron chi connectivity index (χ4n) is 2.06. The minimum absolute atomic E-state index is 0.164. The summed E-state index contributed by atoms with van der Waals surface area (Å²) in [5, 5.41) is 9.20. The molecule has 1 aromatic rings. The zero-order valence-corrected chi connectivity index (χ0v) is 13.3. The van der Waals surface area contributed by atoms with Crippen LogP contribution < -0.4 is 4.72 Å². The second-order valence-corrected chi connectivity index (χ2v) is 6.30. The molecule has 0 radical (unpaired) electrons. The molecule has 0 saturated carbocycles. The summed E-state index contributed by atoms with van der Waals surface area (Å²) in [4.78, 5) is 2.36. The maximum atomic E-state index is 12.2. The maximum Gasteiger partial charge on any atom is 0.242 e. The fraction of sp³-hybridized carbons (Fsp3) is 0.692. The molecule has 6 nitrogen and oxygen atoms in total. The van der Waals surface area contributed by atoms with Crippen molar-refractivity contribution in [3.8, 4) is 0 Å². The second kappa shape index (κ2) is 7.78. The molecule has 1 aromatic heterocycles. The van der Waals surface area contributed by atoms with Crippen LogP contribution in [0.5, 0.6) is 0 Å². The van der Waals surface area contributed by atoms with E-state index in [1.54, 1.807) is 10.8 Å². The Morgan fingerprint density at radius 2 is 1.95 bits per heavy atom. The second-order valence-electron chi connectivity index (χ2n) is 4.54. The lowest BCUT2D eigenvalue weighted by molar-refractivity contribution is 0.271. The van der Waals surface area contributed by atoms with Gasteiger partial charge in [-0.05, 0) is 26.1 Å². The summed E-state index contributed by atoms with van der Waals surface area (Å²) in [7, 11) is -3.50. The van der Waals surface area contributed by atoms with E-state index in [9.17, 15) is 13.5 Å². The van der Waals surface area contributed by atoms with Crippen LogP contribution in [0.15, 0.2) is 17.2 Å². The lowest BCUT2D eigenvalue weighted by Crippen LogP contribution is -2.34.